The van der Waals surface area contributed by atoms with Gasteiger partial charge in [0.1, 0.15) is 4.90 Å². The Hall–Kier alpha value is -3.58. The molecule has 0 bridgehead atoms. The van der Waals surface area contributed by atoms with Gasteiger partial charge in [-0.05, 0) is 31.4 Å². The number of nitro benzene ring substituents is 2. The van der Waals surface area contributed by atoms with Gasteiger partial charge in [-0.1, -0.05) is 13.8 Å². The number of benzene rings is 2. The predicted molar refractivity (Wildman–Crippen MR) is 134 cm³/mol. The minimum Gasteiger partial charge on any atom is -0.371 e. The van der Waals surface area contributed by atoms with Crippen molar-refractivity contribution >= 4 is 39.0 Å². The van der Waals surface area contributed by atoms with Gasteiger partial charge in [-0.2, -0.15) is 9.41 Å². The van der Waals surface area contributed by atoms with Crippen molar-refractivity contribution in [3.63, 3.8) is 0 Å². The monoisotopic (exact) mass is 504 g/mol. The van der Waals surface area contributed by atoms with Crippen LogP contribution < -0.4 is 10.3 Å². The van der Waals surface area contributed by atoms with Crippen molar-refractivity contribution in [2.75, 3.05) is 36.5 Å². The van der Waals surface area contributed by atoms with Crippen LogP contribution in [0.3, 0.4) is 0 Å². The first-order valence-corrected chi connectivity index (χ1v) is 12.7. The molecule has 0 aliphatic carbocycles. The van der Waals surface area contributed by atoms with Crippen LogP contribution in [0.25, 0.3) is 0 Å². The SMILES string of the molecule is CCN(CC)S(=O)(=O)c1cc([N+](=O)[O-])ccc1N/N=C/c1cc([N+](=O)[O-])ccc1N1CCCCC1. The Morgan fingerprint density at radius 1 is 1.00 bits per heavy atom. The van der Waals surface area contributed by atoms with Gasteiger partial charge in [-0.15, -0.1) is 0 Å². The van der Waals surface area contributed by atoms with E-state index in [4.69, 9.17) is 0 Å². The van der Waals surface area contributed by atoms with Crippen molar-refractivity contribution in [1.82, 2.24) is 4.31 Å². The van der Waals surface area contributed by atoms with Gasteiger partial charge in [-0.3, -0.25) is 25.7 Å². The summed E-state index contributed by atoms with van der Waals surface area (Å²) in [6.07, 6.45) is 4.55. The van der Waals surface area contributed by atoms with Gasteiger partial charge in [-0.25, -0.2) is 8.42 Å². The molecule has 0 saturated carbocycles. The summed E-state index contributed by atoms with van der Waals surface area (Å²) in [5.74, 6) is 0. The van der Waals surface area contributed by atoms with E-state index >= 15 is 0 Å². The number of rotatable bonds is 10. The molecule has 1 N–H and O–H groups in total. The number of nitrogens with one attached hydrogen (secondary N) is 1. The Bertz CT molecular complexity index is 1220. The summed E-state index contributed by atoms with van der Waals surface area (Å²) in [5, 5.41) is 26.7. The number of anilines is 2. The van der Waals surface area contributed by atoms with Crippen LogP contribution in [0, 0.1) is 20.2 Å². The Morgan fingerprint density at radius 3 is 2.20 bits per heavy atom. The molecule has 0 atom stereocenters. The van der Waals surface area contributed by atoms with Crippen LogP contribution in [-0.4, -0.2) is 55.0 Å². The second-order valence-corrected chi connectivity index (χ2v) is 9.85. The molecular weight excluding hydrogens is 476 g/mol. The number of non-ortho nitro benzene ring substituents is 2. The summed E-state index contributed by atoms with van der Waals surface area (Å²) < 4.78 is 27.5. The fourth-order valence-corrected chi connectivity index (χ4v) is 5.61. The van der Waals surface area contributed by atoms with E-state index in [0.717, 1.165) is 44.1 Å². The first-order valence-electron chi connectivity index (χ1n) is 11.3. The zero-order valence-corrected chi connectivity index (χ0v) is 20.4. The number of sulfonamides is 1. The van der Waals surface area contributed by atoms with Crippen molar-refractivity contribution in [3.8, 4) is 0 Å². The lowest BCUT2D eigenvalue weighted by molar-refractivity contribution is -0.385. The molecule has 13 heteroatoms. The van der Waals surface area contributed by atoms with Gasteiger partial charge < -0.3 is 4.90 Å². The Balaban J connectivity index is 1.99. The van der Waals surface area contributed by atoms with Gasteiger partial charge in [0, 0.05) is 61.7 Å². The van der Waals surface area contributed by atoms with Crippen molar-refractivity contribution in [2.24, 2.45) is 5.10 Å². The standard InChI is InChI=1S/C22H28N6O6S/c1-3-26(4-2)35(33,34)22-15-19(28(31)32)8-10-20(22)24-23-16-17-14-18(27(29)30)9-11-21(17)25-12-6-5-7-13-25/h8-11,14-16,24H,3-7,12-13H2,1-2H3/b23-16+. The highest BCUT2D eigenvalue weighted by molar-refractivity contribution is 7.89. The molecule has 0 aromatic heterocycles. The summed E-state index contributed by atoms with van der Waals surface area (Å²) in [5.41, 5.74) is 3.57. The molecule has 2 aromatic rings. The molecule has 1 aliphatic heterocycles. The van der Waals surface area contributed by atoms with Crippen molar-refractivity contribution in [3.05, 3.63) is 62.2 Å². The van der Waals surface area contributed by atoms with E-state index in [-0.39, 0.29) is 35.0 Å². The fourth-order valence-electron chi connectivity index (χ4n) is 3.99. The molecule has 1 fully saturated rings. The normalized spacial score (nSPS) is 14.4. The third-order valence-electron chi connectivity index (χ3n) is 5.81. The second kappa shape index (κ2) is 11.2. The van der Waals surface area contributed by atoms with Crippen LogP contribution in [0.5, 0.6) is 0 Å². The average Bonchev–Trinajstić information content (AvgIpc) is 2.85. The summed E-state index contributed by atoms with van der Waals surface area (Å²) in [7, 11) is -4.03. The van der Waals surface area contributed by atoms with E-state index in [2.05, 4.69) is 15.4 Å². The maximum atomic E-state index is 13.1. The highest BCUT2D eigenvalue weighted by Crippen LogP contribution is 2.30. The van der Waals surface area contributed by atoms with E-state index in [9.17, 15) is 28.6 Å². The summed E-state index contributed by atoms with van der Waals surface area (Å²) in [6, 6.07) is 8.01. The molecule has 188 valence electrons. The first kappa shape index (κ1) is 26.0. The summed E-state index contributed by atoms with van der Waals surface area (Å²) in [4.78, 5) is 23.3. The van der Waals surface area contributed by atoms with Crippen LogP contribution in [0.2, 0.25) is 0 Å². The van der Waals surface area contributed by atoms with Gasteiger partial charge in [0.25, 0.3) is 11.4 Å². The van der Waals surface area contributed by atoms with Crippen LogP contribution >= 0.6 is 0 Å². The predicted octanol–water partition coefficient (Wildman–Crippen LogP) is 3.97. The molecule has 1 heterocycles. The third-order valence-corrected chi connectivity index (χ3v) is 7.90. The molecule has 1 saturated heterocycles. The largest absolute Gasteiger partial charge is 0.371 e. The average molecular weight is 505 g/mol. The Kier molecular flexibility index (Phi) is 8.35. The quantitative estimate of drug-likeness (QED) is 0.290. The van der Waals surface area contributed by atoms with E-state index in [0.29, 0.717) is 5.56 Å². The minimum atomic E-state index is -4.03. The lowest BCUT2D eigenvalue weighted by Gasteiger charge is -2.29. The van der Waals surface area contributed by atoms with Crippen LogP contribution in [0.4, 0.5) is 22.7 Å². The van der Waals surface area contributed by atoms with E-state index in [1.165, 1.54) is 34.8 Å². The lowest BCUT2D eigenvalue weighted by Crippen LogP contribution is -2.31. The van der Waals surface area contributed by atoms with E-state index in [1.54, 1.807) is 19.9 Å². The fraction of sp³-hybridized carbons (Fsp3) is 0.409. The van der Waals surface area contributed by atoms with Gasteiger partial charge in [0.15, 0.2) is 0 Å². The van der Waals surface area contributed by atoms with Crippen molar-refractivity contribution in [1.29, 1.82) is 0 Å². The van der Waals surface area contributed by atoms with Gasteiger partial charge in [0.05, 0.1) is 21.7 Å². The highest BCUT2D eigenvalue weighted by Gasteiger charge is 2.27. The third kappa shape index (κ3) is 5.92. The highest BCUT2D eigenvalue weighted by atomic mass is 32.2. The summed E-state index contributed by atoms with van der Waals surface area (Å²) in [6.45, 7) is 5.37. The number of nitrogens with zero attached hydrogens (tertiary/aromatic N) is 5. The molecule has 0 spiro atoms. The topological polar surface area (TPSA) is 151 Å². The molecule has 2 aromatic carbocycles. The molecule has 3 rings (SSSR count). The Morgan fingerprint density at radius 2 is 1.60 bits per heavy atom. The molecule has 35 heavy (non-hydrogen) atoms. The van der Waals surface area contributed by atoms with Crippen LogP contribution in [-0.2, 0) is 10.0 Å². The smallest absolute Gasteiger partial charge is 0.270 e. The molecular formula is C22H28N6O6S. The van der Waals surface area contributed by atoms with Gasteiger partial charge >= 0.3 is 0 Å². The minimum absolute atomic E-state index is 0.0590. The Labute approximate surface area is 203 Å². The second-order valence-electron chi connectivity index (χ2n) is 7.94. The lowest BCUT2D eigenvalue weighted by atomic mass is 10.1. The molecule has 0 amide bonds. The number of nitro groups is 2. The van der Waals surface area contributed by atoms with Crippen molar-refractivity contribution < 1.29 is 18.3 Å². The maximum Gasteiger partial charge on any atom is 0.270 e. The van der Waals surface area contributed by atoms with E-state index in [1.807, 2.05) is 0 Å². The first-order chi connectivity index (χ1) is 16.7. The van der Waals surface area contributed by atoms with Crippen LogP contribution in [0.15, 0.2) is 46.4 Å². The number of hydrogen-bond donors (Lipinski definition) is 1. The number of hydrogen-bond acceptors (Lipinski definition) is 9. The zero-order chi connectivity index (χ0) is 25.6. The van der Waals surface area contributed by atoms with E-state index < -0.39 is 19.9 Å². The molecule has 12 nitrogen and oxygen atoms in total. The molecule has 1 aliphatic rings. The van der Waals surface area contributed by atoms with Gasteiger partial charge in [0.2, 0.25) is 10.0 Å². The zero-order valence-electron chi connectivity index (χ0n) is 19.6. The number of piperidine rings is 1. The molecule has 0 radical (unpaired) electrons. The van der Waals surface area contributed by atoms with Crippen LogP contribution in [0.1, 0.15) is 38.7 Å². The number of hydrazone groups is 1. The maximum absolute atomic E-state index is 13.1. The van der Waals surface area contributed by atoms with Crippen molar-refractivity contribution in [2.45, 2.75) is 38.0 Å². The molecule has 0 unspecified atom stereocenters. The summed E-state index contributed by atoms with van der Waals surface area (Å²) >= 11 is 0.